The quantitative estimate of drug-likeness (QED) is 0.189. The number of esters is 1. The van der Waals surface area contributed by atoms with Gasteiger partial charge >= 0.3 is 5.97 Å². The number of carbonyl (C=O) groups is 3. The van der Waals surface area contributed by atoms with E-state index in [2.05, 4.69) is 15.8 Å². The number of anilines is 1. The molecule has 0 aliphatic carbocycles. The first-order chi connectivity index (χ1) is 17.6. The van der Waals surface area contributed by atoms with Gasteiger partial charge in [0.1, 0.15) is 10.8 Å². The van der Waals surface area contributed by atoms with Crippen LogP contribution in [-0.2, 0) is 9.53 Å². The second-order valence-corrected chi connectivity index (χ2v) is 9.89. The van der Waals surface area contributed by atoms with E-state index in [0.29, 0.717) is 37.5 Å². The summed E-state index contributed by atoms with van der Waals surface area (Å²) in [5.74, 6) is -0.937. The third-order valence-electron chi connectivity index (χ3n) is 5.22. The van der Waals surface area contributed by atoms with Gasteiger partial charge in [-0.05, 0) is 75.2 Å². The van der Waals surface area contributed by atoms with Crippen LogP contribution < -0.4 is 15.5 Å². The third kappa shape index (κ3) is 7.31. The van der Waals surface area contributed by atoms with E-state index in [1.807, 2.05) is 13.8 Å². The number of hydrazone groups is 1. The second-order valence-electron chi connectivity index (χ2n) is 7.85. The molecule has 1 heterocycles. The van der Waals surface area contributed by atoms with Crippen molar-refractivity contribution in [2.45, 2.75) is 33.8 Å². The van der Waals surface area contributed by atoms with Crippen molar-refractivity contribution in [3.05, 3.63) is 79.6 Å². The number of amides is 2. The lowest BCUT2D eigenvalue weighted by molar-refractivity contribution is -0.127. The highest BCUT2D eigenvalue weighted by atomic mass is 35.5. The zero-order valence-electron chi connectivity index (χ0n) is 20.6. The minimum Gasteiger partial charge on any atom is -0.481 e. The summed E-state index contributed by atoms with van der Waals surface area (Å²) < 4.78 is 10.8. The summed E-state index contributed by atoms with van der Waals surface area (Å²) in [6, 6.07) is 11.2. The monoisotopic (exact) mass is 561 g/mol. The Morgan fingerprint density at radius 1 is 1.08 bits per heavy atom. The van der Waals surface area contributed by atoms with E-state index in [9.17, 15) is 14.4 Å². The van der Waals surface area contributed by atoms with E-state index in [-0.39, 0.29) is 12.5 Å². The minimum absolute atomic E-state index is 0.238. The van der Waals surface area contributed by atoms with Gasteiger partial charge in [0.2, 0.25) is 0 Å². The molecule has 8 nitrogen and oxygen atoms in total. The molecule has 1 aromatic heterocycles. The molecule has 0 saturated heterocycles. The number of nitrogens with one attached hydrogen (secondary N) is 2. The molecule has 0 bridgehead atoms. The molecule has 0 radical (unpaired) electrons. The van der Waals surface area contributed by atoms with Crippen LogP contribution >= 0.6 is 34.5 Å². The molecule has 194 valence electrons. The van der Waals surface area contributed by atoms with Gasteiger partial charge in [-0.3, -0.25) is 9.59 Å². The van der Waals surface area contributed by atoms with Crippen molar-refractivity contribution >= 4 is 63.5 Å². The number of ether oxygens (including phenoxy) is 2. The van der Waals surface area contributed by atoms with Crippen molar-refractivity contribution in [2.75, 3.05) is 11.9 Å². The predicted molar refractivity (Wildman–Crippen MR) is 146 cm³/mol. The Bertz CT molecular complexity index is 1340. The number of rotatable bonds is 9. The standard InChI is InChI=1S/C26H25Cl2N3O5S/c1-5-35-26(34)22-14(2)16(4)37-25(22)30-24(33)18-7-9-19(10-8-18)36-15(3)23(32)31-29-13-17-6-11-20(27)21(28)12-17/h6-13,15H,5H2,1-4H3,(H,30,33)(H,31,32)/b29-13-/t15-/m1/s1. The van der Waals surface area contributed by atoms with E-state index >= 15 is 0 Å². The van der Waals surface area contributed by atoms with E-state index in [4.69, 9.17) is 32.7 Å². The SMILES string of the molecule is CCOC(=O)c1c(NC(=O)c2ccc(O[C@H](C)C(=O)N/N=C\c3ccc(Cl)c(Cl)c3)cc2)sc(C)c1C. The Labute approximate surface area is 228 Å². The summed E-state index contributed by atoms with van der Waals surface area (Å²) in [4.78, 5) is 38.4. The highest BCUT2D eigenvalue weighted by Crippen LogP contribution is 2.33. The molecule has 11 heteroatoms. The van der Waals surface area contributed by atoms with Crippen molar-refractivity contribution in [1.82, 2.24) is 5.43 Å². The summed E-state index contributed by atoms with van der Waals surface area (Å²) in [6.07, 6.45) is 0.583. The number of nitrogens with zero attached hydrogens (tertiary/aromatic N) is 1. The van der Waals surface area contributed by atoms with E-state index in [1.54, 1.807) is 56.3 Å². The smallest absolute Gasteiger partial charge is 0.341 e. The fourth-order valence-corrected chi connectivity index (χ4v) is 4.49. The highest BCUT2D eigenvalue weighted by Gasteiger charge is 2.22. The van der Waals surface area contributed by atoms with Crippen LogP contribution in [0.25, 0.3) is 0 Å². The average molecular weight is 562 g/mol. The molecular formula is C26H25Cl2N3O5S. The molecule has 0 fully saturated rings. The van der Waals surface area contributed by atoms with Gasteiger partial charge in [0, 0.05) is 10.4 Å². The zero-order chi connectivity index (χ0) is 27.1. The summed E-state index contributed by atoms with van der Waals surface area (Å²) in [5, 5.41) is 7.93. The van der Waals surface area contributed by atoms with Gasteiger partial charge in [-0.15, -0.1) is 11.3 Å². The Kier molecular flexibility index (Phi) is 9.68. The molecular weight excluding hydrogens is 537 g/mol. The van der Waals surface area contributed by atoms with Crippen LogP contribution in [-0.4, -0.2) is 36.7 Å². The molecule has 2 amide bonds. The Balaban J connectivity index is 1.58. The topological polar surface area (TPSA) is 106 Å². The first-order valence-corrected chi connectivity index (χ1v) is 12.8. The van der Waals surface area contributed by atoms with Gasteiger partial charge < -0.3 is 14.8 Å². The lowest BCUT2D eigenvalue weighted by atomic mass is 10.1. The van der Waals surface area contributed by atoms with Crippen LogP contribution in [0.3, 0.4) is 0 Å². The molecule has 0 unspecified atom stereocenters. The number of halogens is 2. The molecule has 37 heavy (non-hydrogen) atoms. The minimum atomic E-state index is -0.852. The largest absolute Gasteiger partial charge is 0.481 e. The van der Waals surface area contributed by atoms with Crippen molar-refractivity contribution in [1.29, 1.82) is 0 Å². The van der Waals surface area contributed by atoms with Crippen LogP contribution in [0.5, 0.6) is 5.75 Å². The number of benzene rings is 2. The molecule has 0 aliphatic rings. The maximum atomic E-state index is 12.8. The fraction of sp³-hybridized carbons (Fsp3) is 0.231. The molecule has 2 aromatic carbocycles. The first kappa shape index (κ1) is 28.2. The number of aryl methyl sites for hydroxylation is 1. The van der Waals surface area contributed by atoms with E-state index < -0.39 is 18.0 Å². The average Bonchev–Trinajstić information content (AvgIpc) is 3.14. The number of carbonyl (C=O) groups excluding carboxylic acids is 3. The zero-order valence-corrected chi connectivity index (χ0v) is 22.9. The number of hydrogen-bond donors (Lipinski definition) is 2. The van der Waals surface area contributed by atoms with Gasteiger partial charge in [-0.2, -0.15) is 5.10 Å². The van der Waals surface area contributed by atoms with Gasteiger partial charge in [-0.1, -0.05) is 29.3 Å². The maximum Gasteiger partial charge on any atom is 0.341 e. The van der Waals surface area contributed by atoms with Crippen LogP contribution in [0, 0.1) is 13.8 Å². The number of hydrogen-bond acceptors (Lipinski definition) is 7. The van der Waals surface area contributed by atoms with Crippen LogP contribution in [0.2, 0.25) is 10.0 Å². The molecule has 1 atom stereocenters. The molecule has 0 saturated carbocycles. The number of thiophene rings is 1. The summed E-state index contributed by atoms with van der Waals surface area (Å²) >= 11 is 13.2. The highest BCUT2D eigenvalue weighted by molar-refractivity contribution is 7.16. The molecule has 0 spiro atoms. The molecule has 2 N–H and O–H groups in total. The molecule has 3 aromatic rings. The predicted octanol–water partition coefficient (Wildman–Crippen LogP) is 6.02. The van der Waals surface area contributed by atoms with Gasteiger partial charge in [0.25, 0.3) is 11.8 Å². The lowest BCUT2D eigenvalue weighted by Crippen LogP contribution is -2.33. The summed E-state index contributed by atoms with van der Waals surface area (Å²) in [7, 11) is 0. The normalized spacial score (nSPS) is 11.7. The maximum absolute atomic E-state index is 12.8. The van der Waals surface area contributed by atoms with Crippen molar-refractivity contribution < 1.29 is 23.9 Å². The Morgan fingerprint density at radius 2 is 1.78 bits per heavy atom. The second kappa shape index (κ2) is 12.7. The Morgan fingerprint density at radius 3 is 2.43 bits per heavy atom. The van der Waals surface area contributed by atoms with Gasteiger partial charge in [0.15, 0.2) is 6.10 Å². The van der Waals surface area contributed by atoms with Crippen molar-refractivity contribution in [3.8, 4) is 5.75 Å². The third-order valence-corrected chi connectivity index (χ3v) is 7.08. The summed E-state index contributed by atoms with van der Waals surface area (Å²) in [5.41, 5.74) is 4.56. The van der Waals surface area contributed by atoms with Crippen molar-refractivity contribution in [2.24, 2.45) is 5.10 Å². The van der Waals surface area contributed by atoms with E-state index in [1.165, 1.54) is 17.6 Å². The van der Waals surface area contributed by atoms with Gasteiger partial charge in [0.05, 0.1) is 28.4 Å². The van der Waals surface area contributed by atoms with E-state index in [0.717, 1.165) is 10.4 Å². The van der Waals surface area contributed by atoms with Crippen molar-refractivity contribution in [3.63, 3.8) is 0 Å². The van der Waals surface area contributed by atoms with Crippen LogP contribution in [0.1, 0.15) is 50.6 Å². The van der Waals surface area contributed by atoms with Gasteiger partial charge in [-0.25, -0.2) is 10.2 Å². The fourth-order valence-electron chi connectivity index (χ4n) is 3.14. The lowest BCUT2D eigenvalue weighted by Gasteiger charge is -2.13. The van der Waals surface area contributed by atoms with Crippen LogP contribution in [0.4, 0.5) is 5.00 Å². The summed E-state index contributed by atoms with van der Waals surface area (Å²) in [6.45, 7) is 7.23. The molecule has 0 aliphatic heterocycles. The molecule has 3 rings (SSSR count). The van der Waals surface area contributed by atoms with Crippen LogP contribution in [0.15, 0.2) is 47.6 Å². The first-order valence-electron chi connectivity index (χ1n) is 11.2. The Hall–Kier alpha value is -3.40.